The van der Waals surface area contributed by atoms with Gasteiger partial charge >= 0.3 is 0 Å². The lowest BCUT2D eigenvalue weighted by Gasteiger charge is -2.29. The zero-order chi connectivity index (χ0) is 23.0. The largest absolute Gasteiger partial charge is 0.482 e. The molecule has 0 radical (unpaired) electrons. The van der Waals surface area contributed by atoms with Crippen LogP contribution in [0.25, 0.3) is 0 Å². The molecule has 3 aromatic rings. The molecule has 0 saturated heterocycles. The van der Waals surface area contributed by atoms with Crippen molar-refractivity contribution in [3.8, 4) is 5.75 Å². The van der Waals surface area contributed by atoms with Gasteiger partial charge in [-0.05, 0) is 55.2 Å². The number of aromatic nitrogens is 1. The molecule has 32 heavy (non-hydrogen) atoms. The van der Waals surface area contributed by atoms with Gasteiger partial charge in [0.1, 0.15) is 11.5 Å². The van der Waals surface area contributed by atoms with Crippen LogP contribution >= 0.6 is 0 Å². The predicted octanol–water partition coefficient (Wildman–Crippen LogP) is 4.77. The van der Waals surface area contributed by atoms with E-state index in [0.29, 0.717) is 35.0 Å². The lowest BCUT2D eigenvalue weighted by molar-refractivity contribution is -0.121. The van der Waals surface area contributed by atoms with Crippen LogP contribution in [0.4, 0.5) is 11.4 Å². The van der Waals surface area contributed by atoms with Gasteiger partial charge in [0.2, 0.25) is 0 Å². The zero-order valence-corrected chi connectivity index (χ0v) is 19.0. The molecule has 0 aliphatic carbocycles. The van der Waals surface area contributed by atoms with Crippen molar-refractivity contribution in [3.63, 3.8) is 0 Å². The van der Waals surface area contributed by atoms with Crippen LogP contribution in [0.2, 0.25) is 0 Å². The summed E-state index contributed by atoms with van der Waals surface area (Å²) in [7, 11) is 0. The third-order valence-corrected chi connectivity index (χ3v) is 5.67. The SMILES string of the molecule is Cc1noc(C)c1CN1C(=O)COc2ccc(NC(=O)c3ccc(C(C)(C)C)cc3)cc21. The van der Waals surface area contributed by atoms with Crippen LogP contribution in [0.1, 0.15) is 53.7 Å². The first kappa shape index (κ1) is 21.6. The van der Waals surface area contributed by atoms with E-state index in [0.717, 1.165) is 16.8 Å². The van der Waals surface area contributed by atoms with Crippen LogP contribution < -0.4 is 15.0 Å². The van der Waals surface area contributed by atoms with Gasteiger partial charge in [0.25, 0.3) is 11.8 Å². The van der Waals surface area contributed by atoms with Crippen molar-refractivity contribution in [1.82, 2.24) is 5.16 Å². The van der Waals surface area contributed by atoms with Gasteiger partial charge in [-0.2, -0.15) is 0 Å². The van der Waals surface area contributed by atoms with Crippen LogP contribution in [0.3, 0.4) is 0 Å². The van der Waals surface area contributed by atoms with E-state index in [2.05, 4.69) is 31.2 Å². The standard InChI is InChI=1S/C25H27N3O4/c1-15-20(16(2)32-27-15)13-28-21-12-19(10-11-22(21)31-14-23(28)29)26-24(30)17-6-8-18(9-7-17)25(3,4)5/h6-12H,13-14H2,1-5H3,(H,26,30). The Labute approximate surface area is 187 Å². The Morgan fingerprint density at radius 1 is 1.12 bits per heavy atom. The molecule has 2 aromatic carbocycles. The molecule has 0 saturated carbocycles. The van der Waals surface area contributed by atoms with E-state index in [-0.39, 0.29) is 23.8 Å². The van der Waals surface area contributed by atoms with Crippen molar-refractivity contribution >= 4 is 23.2 Å². The number of hydrogen-bond acceptors (Lipinski definition) is 5. The highest BCUT2D eigenvalue weighted by Crippen LogP contribution is 2.36. The molecule has 1 aliphatic rings. The molecule has 7 nitrogen and oxygen atoms in total. The monoisotopic (exact) mass is 433 g/mol. The molecule has 166 valence electrons. The quantitative estimate of drug-likeness (QED) is 0.641. The number of fused-ring (bicyclic) bond motifs is 1. The number of nitrogens with zero attached hydrogens (tertiary/aromatic N) is 2. The third kappa shape index (κ3) is 4.23. The number of benzene rings is 2. The first-order valence-corrected chi connectivity index (χ1v) is 10.5. The van der Waals surface area contributed by atoms with E-state index in [1.165, 1.54) is 0 Å². The maximum absolute atomic E-state index is 12.8. The minimum atomic E-state index is -0.217. The average Bonchev–Trinajstić information content (AvgIpc) is 3.07. The molecule has 0 spiro atoms. The highest BCUT2D eigenvalue weighted by atomic mass is 16.5. The fraction of sp³-hybridized carbons (Fsp3) is 0.320. The Morgan fingerprint density at radius 3 is 2.47 bits per heavy atom. The number of rotatable bonds is 4. The smallest absolute Gasteiger partial charge is 0.265 e. The van der Waals surface area contributed by atoms with Gasteiger partial charge in [0.15, 0.2) is 6.61 Å². The fourth-order valence-electron chi connectivity index (χ4n) is 3.66. The van der Waals surface area contributed by atoms with Crippen molar-refractivity contribution in [1.29, 1.82) is 0 Å². The fourth-order valence-corrected chi connectivity index (χ4v) is 3.66. The second-order valence-electron chi connectivity index (χ2n) is 9.04. The molecule has 0 fully saturated rings. The summed E-state index contributed by atoms with van der Waals surface area (Å²) >= 11 is 0. The topological polar surface area (TPSA) is 84.7 Å². The number of nitrogens with one attached hydrogen (secondary N) is 1. The van der Waals surface area contributed by atoms with E-state index < -0.39 is 0 Å². The summed E-state index contributed by atoms with van der Waals surface area (Å²) < 4.78 is 10.8. The van der Waals surface area contributed by atoms with Gasteiger partial charge in [0.05, 0.1) is 17.9 Å². The van der Waals surface area contributed by atoms with Crippen molar-refractivity contribution in [2.24, 2.45) is 0 Å². The van der Waals surface area contributed by atoms with E-state index >= 15 is 0 Å². The first-order chi connectivity index (χ1) is 15.1. The highest BCUT2D eigenvalue weighted by Gasteiger charge is 2.28. The van der Waals surface area contributed by atoms with Crippen molar-refractivity contribution in [2.75, 3.05) is 16.8 Å². The normalized spacial score (nSPS) is 13.5. The molecule has 0 atom stereocenters. The Kier molecular flexibility index (Phi) is 5.50. The van der Waals surface area contributed by atoms with Crippen molar-refractivity contribution < 1.29 is 18.8 Å². The summed E-state index contributed by atoms with van der Waals surface area (Å²) in [6.45, 7) is 10.3. The summed E-state index contributed by atoms with van der Waals surface area (Å²) in [6.07, 6.45) is 0. The first-order valence-electron chi connectivity index (χ1n) is 10.5. The summed E-state index contributed by atoms with van der Waals surface area (Å²) in [6, 6.07) is 12.9. The van der Waals surface area contributed by atoms with Crippen molar-refractivity contribution in [2.45, 2.75) is 46.6 Å². The lowest BCUT2D eigenvalue weighted by atomic mass is 9.87. The molecule has 4 rings (SSSR count). The van der Waals surface area contributed by atoms with Crippen LogP contribution in [0, 0.1) is 13.8 Å². The molecule has 0 unspecified atom stereocenters. The maximum Gasteiger partial charge on any atom is 0.265 e. The van der Waals surface area contributed by atoms with Gasteiger partial charge in [-0.3, -0.25) is 9.59 Å². The van der Waals surface area contributed by atoms with Crippen LogP contribution in [-0.2, 0) is 16.8 Å². The number of amides is 2. The molecule has 1 aliphatic heterocycles. The Hall–Kier alpha value is -3.61. The van der Waals surface area contributed by atoms with E-state index in [9.17, 15) is 9.59 Å². The lowest BCUT2D eigenvalue weighted by Crippen LogP contribution is -2.38. The molecule has 1 aromatic heterocycles. The Balaban J connectivity index is 1.58. The number of aryl methyl sites for hydroxylation is 2. The number of anilines is 2. The summed E-state index contributed by atoms with van der Waals surface area (Å²) in [4.78, 5) is 27.1. The Bertz CT molecular complexity index is 1150. The molecular formula is C25H27N3O4. The van der Waals surface area contributed by atoms with Crippen LogP contribution in [0.5, 0.6) is 5.75 Å². The predicted molar refractivity (Wildman–Crippen MR) is 122 cm³/mol. The number of hydrogen-bond donors (Lipinski definition) is 1. The van der Waals surface area contributed by atoms with E-state index in [1.54, 1.807) is 23.1 Å². The zero-order valence-electron chi connectivity index (χ0n) is 19.0. The average molecular weight is 434 g/mol. The maximum atomic E-state index is 12.8. The highest BCUT2D eigenvalue weighted by molar-refractivity contribution is 6.05. The summed E-state index contributed by atoms with van der Waals surface area (Å²) in [5.41, 5.74) is 4.53. The molecule has 2 amide bonds. The molecule has 2 heterocycles. The van der Waals surface area contributed by atoms with Gasteiger partial charge in [-0.1, -0.05) is 38.1 Å². The number of carbonyl (C=O) groups excluding carboxylic acids is 2. The molecular weight excluding hydrogens is 406 g/mol. The number of carbonyl (C=O) groups is 2. The minimum Gasteiger partial charge on any atom is -0.482 e. The van der Waals surface area contributed by atoms with Gasteiger partial charge < -0.3 is 19.5 Å². The number of ether oxygens (including phenoxy) is 1. The third-order valence-electron chi connectivity index (χ3n) is 5.67. The summed E-state index contributed by atoms with van der Waals surface area (Å²) in [5, 5.41) is 6.89. The molecule has 0 bridgehead atoms. The van der Waals surface area contributed by atoms with Crippen LogP contribution in [0.15, 0.2) is 47.0 Å². The van der Waals surface area contributed by atoms with Gasteiger partial charge in [0, 0.05) is 16.8 Å². The van der Waals surface area contributed by atoms with Crippen LogP contribution in [-0.4, -0.2) is 23.6 Å². The van der Waals surface area contributed by atoms with Gasteiger partial charge in [-0.15, -0.1) is 0 Å². The van der Waals surface area contributed by atoms with Crippen molar-refractivity contribution in [3.05, 3.63) is 70.6 Å². The van der Waals surface area contributed by atoms with E-state index in [1.807, 2.05) is 38.1 Å². The molecule has 1 N–H and O–H groups in total. The second-order valence-corrected chi connectivity index (χ2v) is 9.04. The molecule has 7 heteroatoms. The minimum absolute atomic E-state index is 0.0186. The second kappa shape index (κ2) is 8.15. The summed E-state index contributed by atoms with van der Waals surface area (Å²) in [5.74, 6) is 0.875. The van der Waals surface area contributed by atoms with E-state index in [4.69, 9.17) is 9.26 Å². The van der Waals surface area contributed by atoms with Gasteiger partial charge in [-0.25, -0.2) is 0 Å². The Morgan fingerprint density at radius 2 is 1.84 bits per heavy atom.